The molecule has 2 unspecified atom stereocenters. The van der Waals surface area contributed by atoms with Crippen LogP contribution in [0.25, 0.3) is 0 Å². The van der Waals surface area contributed by atoms with Crippen molar-refractivity contribution in [2.24, 2.45) is 11.8 Å². The van der Waals surface area contributed by atoms with Gasteiger partial charge in [-0.15, -0.1) is 0 Å². The zero-order valence-electron chi connectivity index (χ0n) is 9.47. The molecule has 78 valence electrons. The summed E-state index contributed by atoms with van der Waals surface area (Å²) in [7, 11) is 2.10. The Balaban J connectivity index is 2.38. The lowest BCUT2D eigenvalue weighted by molar-refractivity contribution is 0.213. The van der Waals surface area contributed by atoms with Gasteiger partial charge in [0.15, 0.2) is 0 Å². The number of rotatable bonds is 4. The highest BCUT2D eigenvalue weighted by Gasteiger charge is 2.24. The Labute approximate surface area is 83.3 Å². The van der Waals surface area contributed by atoms with Crippen LogP contribution in [0.1, 0.15) is 52.4 Å². The van der Waals surface area contributed by atoms with Crippen LogP contribution in [0.2, 0.25) is 0 Å². The fourth-order valence-electron chi connectivity index (χ4n) is 2.83. The molecule has 0 aliphatic heterocycles. The lowest BCUT2D eigenvalue weighted by Crippen LogP contribution is -2.36. The van der Waals surface area contributed by atoms with Gasteiger partial charge in [-0.05, 0) is 25.3 Å². The van der Waals surface area contributed by atoms with Crippen molar-refractivity contribution >= 4 is 0 Å². The van der Waals surface area contributed by atoms with E-state index >= 15 is 0 Å². The summed E-state index contributed by atoms with van der Waals surface area (Å²) in [4.78, 5) is 0. The lowest BCUT2D eigenvalue weighted by atomic mass is 9.77. The average molecular weight is 183 g/mol. The van der Waals surface area contributed by atoms with Crippen LogP contribution in [-0.4, -0.2) is 13.1 Å². The van der Waals surface area contributed by atoms with E-state index in [1.54, 1.807) is 0 Å². The number of nitrogens with one attached hydrogen (secondary N) is 1. The molecule has 0 heterocycles. The summed E-state index contributed by atoms with van der Waals surface area (Å²) in [6.07, 6.45) is 8.62. The molecule has 13 heavy (non-hydrogen) atoms. The summed E-state index contributed by atoms with van der Waals surface area (Å²) in [5.74, 6) is 1.86. The van der Waals surface area contributed by atoms with Crippen molar-refractivity contribution in [1.29, 1.82) is 0 Å². The molecule has 1 nitrogen and oxygen atoms in total. The largest absolute Gasteiger partial charge is 0.317 e. The van der Waals surface area contributed by atoms with Crippen LogP contribution < -0.4 is 5.32 Å². The molecule has 0 aromatic carbocycles. The Bertz CT molecular complexity index is 123. The van der Waals surface area contributed by atoms with Gasteiger partial charge in [0.25, 0.3) is 0 Å². The Morgan fingerprint density at radius 1 is 1.23 bits per heavy atom. The Morgan fingerprint density at radius 3 is 2.31 bits per heavy atom. The number of hydrogen-bond donors (Lipinski definition) is 1. The van der Waals surface area contributed by atoms with Crippen molar-refractivity contribution in [3.8, 4) is 0 Å². The van der Waals surface area contributed by atoms with Gasteiger partial charge in [0.1, 0.15) is 0 Å². The van der Waals surface area contributed by atoms with Crippen molar-refractivity contribution in [1.82, 2.24) is 5.32 Å². The molecule has 1 saturated carbocycles. The van der Waals surface area contributed by atoms with Gasteiger partial charge in [-0.3, -0.25) is 0 Å². The fraction of sp³-hybridized carbons (Fsp3) is 1.00. The lowest BCUT2D eigenvalue weighted by Gasteiger charge is -2.32. The first kappa shape index (κ1) is 11.0. The molecule has 1 rings (SSSR count). The maximum absolute atomic E-state index is 3.45. The molecule has 0 aromatic heterocycles. The van der Waals surface area contributed by atoms with Crippen molar-refractivity contribution in [3.63, 3.8) is 0 Å². The summed E-state index contributed by atoms with van der Waals surface area (Å²) >= 11 is 0. The molecule has 0 saturated heterocycles. The first-order valence-electron chi connectivity index (χ1n) is 5.96. The first-order chi connectivity index (χ1) is 6.29. The quantitative estimate of drug-likeness (QED) is 0.706. The third kappa shape index (κ3) is 2.98. The van der Waals surface area contributed by atoms with E-state index in [1.165, 1.54) is 38.5 Å². The molecule has 1 heteroatoms. The van der Waals surface area contributed by atoms with Crippen LogP contribution in [0.4, 0.5) is 0 Å². The molecule has 1 N–H and O–H groups in total. The van der Waals surface area contributed by atoms with Gasteiger partial charge < -0.3 is 5.32 Å². The van der Waals surface area contributed by atoms with Crippen molar-refractivity contribution in [2.45, 2.75) is 58.4 Å². The van der Waals surface area contributed by atoms with Gasteiger partial charge in [0.05, 0.1) is 0 Å². The smallest absolute Gasteiger partial charge is 0.00897 e. The minimum Gasteiger partial charge on any atom is -0.317 e. The van der Waals surface area contributed by atoms with E-state index in [4.69, 9.17) is 0 Å². The van der Waals surface area contributed by atoms with E-state index in [9.17, 15) is 0 Å². The maximum atomic E-state index is 3.45. The first-order valence-corrected chi connectivity index (χ1v) is 5.96. The Kier molecular flexibility index (Phi) is 4.79. The topological polar surface area (TPSA) is 12.0 Å². The van der Waals surface area contributed by atoms with Crippen molar-refractivity contribution in [3.05, 3.63) is 0 Å². The molecule has 1 aliphatic carbocycles. The molecule has 0 bridgehead atoms. The second-order valence-electron chi connectivity index (χ2n) is 4.56. The van der Waals surface area contributed by atoms with Gasteiger partial charge in [-0.25, -0.2) is 0 Å². The molecule has 0 radical (unpaired) electrons. The standard InChI is InChI=1S/C12H25N/c1-4-12(13-3)10(2)11-8-6-5-7-9-11/h10-13H,4-9H2,1-3H3. The second-order valence-corrected chi connectivity index (χ2v) is 4.56. The third-order valence-electron chi connectivity index (χ3n) is 3.84. The van der Waals surface area contributed by atoms with Gasteiger partial charge in [-0.1, -0.05) is 46.0 Å². The minimum atomic E-state index is 0.739. The SMILES string of the molecule is CCC(NC)C(C)C1CCCCC1. The highest BCUT2D eigenvalue weighted by atomic mass is 14.9. The van der Waals surface area contributed by atoms with E-state index < -0.39 is 0 Å². The minimum absolute atomic E-state index is 0.739. The van der Waals surface area contributed by atoms with Crippen LogP contribution in [0.5, 0.6) is 0 Å². The summed E-state index contributed by atoms with van der Waals surface area (Å²) in [5.41, 5.74) is 0. The summed E-state index contributed by atoms with van der Waals surface area (Å²) in [6.45, 7) is 4.72. The maximum Gasteiger partial charge on any atom is 0.00897 e. The molecule has 0 spiro atoms. The summed E-state index contributed by atoms with van der Waals surface area (Å²) < 4.78 is 0. The summed E-state index contributed by atoms with van der Waals surface area (Å²) in [5, 5.41) is 3.45. The predicted octanol–water partition coefficient (Wildman–Crippen LogP) is 3.20. The van der Waals surface area contributed by atoms with E-state index in [-0.39, 0.29) is 0 Å². The molecule has 1 aliphatic rings. The fourth-order valence-corrected chi connectivity index (χ4v) is 2.83. The van der Waals surface area contributed by atoms with Gasteiger partial charge in [-0.2, -0.15) is 0 Å². The van der Waals surface area contributed by atoms with E-state index in [0.717, 1.165) is 17.9 Å². The van der Waals surface area contributed by atoms with E-state index in [1.807, 2.05) is 0 Å². The molecule has 0 aromatic rings. The molecule has 2 atom stereocenters. The Hall–Kier alpha value is -0.0400. The highest BCUT2D eigenvalue weighted by molar-refractivity contribution is 4.79. The average Bonchev–Trinajstić information content (AvgIpc) is 2.21. The van der Waals surface area contributed by atoms with Crippen LogP contribution >= 0.6 is 0 Å². The van der Waals surface area contributed by atoms with Crippen molar-refractivity contribution in [2.75, 3.05) is 7.05 Å². The van der Waals surface area contributed by atoms with Crippen LogP contribution in [0, 0.1) is 11.8 Å². The molecular weight excluding hydrogens is 158 g/mol. The van der Waals surface area contributed by atoms with Gasteiger partial charge in [0, 0.05) is 6.04 Å². The van der Waals surface area contributed by atoms with Crippen LogP contribution in [0.3, 0.4) is 0 Å². The second kappa shape index (κ2) is 5.64. The Morgan fingerprint density at radius 2 is 1.85 bits per heavy atom. The highest BCUT2D eigenvalue weighted by Crippen LogP contribution is 2.32. The van der Waals surface area contributed by atoms with Crippen LogP contribution in [0.15, 0.2) is 0 Å². The molecule has 1 fully saturated rings. The van der Waals surface area contributed by atoms with Gasteiger partial charge in [0.2, 0.25) is 0 Å². The zero-order chi connectivity index (χ0) is 9.68. The molecular formula is C12H25N. The van der Waals surface area contributed by atoms with E-state index in [2.05, 4.69) is 26.2 Å². The predicted molar refractivity (Wildman–Crippen MR) is 58.9 cm³/mol. The number of hydrogen-bond acceptors (Lipinski definition) is 1. The van der Waals surface area contributed by atoms with E-state index in [0.29, 0.717) is 0 Å². The van der Waals surface area contributed by atoms with Crippen molar-refractivity contribution < 1.29 is 0 Å². The molecule has 0 amide bonds. The monoisotopic (exact) mass is 183 g/mol. The normalized spacial score (nSPS) is 24.2. The summed E-state index contributed by atoms with van der Waals surface area (Å²) in [6, 6.07) is 0.739. The van der Waals surface area contributed by atoms with Gasteiger partial charge >= 0.3 is 0 Å². The zero-order valence-corrected chi connectivity index (χ0v) is 9.47. The van der Waals surface area contributed by atoms with Crippen LogP contribution in [-0.2, 0) is 0 Å². The third-order valence-corrected chi connectivity index (χ3v) is 3.84.